The normalized spacial score (nSPS) is 28.5. The van der Waals surface area contributed by atoms with Gasteiger partial charge in [0.2, 0.25) is 5.75 Å². The van der Waals surface area contributed by atoms with Crippen molar-refractivity contribution in [1.29, 1.82) is 0 Å². The first kappa shape index (κ1) is 14.8. The fourth-order valence-electron chi connectivity index (χ4n) is 3.61. The van der Waals surface area contributed by atoms with E-state index in [0.29, 0.717) is 36.0 Å². The topological polar surface area (TPSA) is 73.9 Å². The summed E-state index contributed by atoms with van der Waals surface area (Å²) in [7, 11) is 0. The van der Waals surface area contributed by atoms with Crippen molar-refractivity contribution < 1.29 is 19.3 Å². The molecule has 2 heterocycles. The van der Waals surface area contributed by atoms with Crippen molar-refractivity contribution in [3.63, 3.8) is 0 Å². The molecule has 1 aliphatic carbocycles. The number of fused-ring (bicyclic) bond motifs is 3. The second kappa shape index (κ2) is 5.23. The molecule has 2 unspecified atom stereocenters. The van der Waals surface area contributed by atoms with Crippen molar-refractivity contribution in [1.82, 2.24) is 0 Å². The standard InChI is InChI=1S/C15H19NO4.ClH/c16-14-11(17)9-3-4-10-13(19-8-7-18-10)12(9)20-15(14)5-1-2-6-15;/h3-4,11,14,17H,1-2,5-8,16H2;1H. The van der Waals surface area contributed by atoms with Crippen LogP contribution in [0.2, 0.25) is 0 Å². The molecule has 0 amide bonds. The Morgan fingerprint density at radius 2 is 1.81 bits per heavy atom. The fourth-order valence-corrected chi connectivity index (χ4v) is 3.61. The van der Waals surface area contributed by atoms with Crippen LogP contribution < -0.4 is 19.9 Å². The van der Waals surface area contributed by atoms with Crippen molar-refractivity contribution in [3.8, 4) is 17.2 Å². The van der Waals surface area contributed by atoms with Crippen molar-refractivity contribution in [2.45, 2.75) is 43.4 Å². The van der Waals surface area contributed by atoms with Crippen LogP contribution in [0.1, 0.15) is 37.4 Å². The molecule has 0 aromatic heterocycles. The molecule has 1 aromatic rings. The molecule has 2 aliphatic heterocycles. The highest BCUT2D eigenvalue weighted by Gasteiger charge is 2.50. The Kier molecular flexibility index (Phi) is 3.67. The van der Waals surface area contributed by atoms with E-state index in [2.05, 4.69) is 0 Å². The van der Waals surface area contributed by atoms with Crippen LogP contribution in [0, 0.1) is 0 Å². The second-order valence-corrected chi connectivity index (χ2v) is 5.85. The molecule has 3 aliphatic rings. The molecule has 116 valence electrons. The Balaban J connectivity index is 0.00000132. The van der Waals surface area contributed by atoms with Crippen molar-refractivity contribution in [3.05, 3.63) is 17.7 Å². The average Bonchev–Trinajstić information content (AvgIpc) is 2.94. The summed E-state index contributed by atoms with van der Waals surface area (Å²) in [5.41, 5.74) is 6.51. The number of ether oxygens (including phenoxy) is 3. The summed E-state index contributed by atoms with van der Waals surface area (Å²) in [6.45, 7) is 1.04. The van der Waals surface area contributed by atoms with Gasteiger partial charge >= 0.3 is 0 Å². The maximum absolute atomic E-state index is 10.6. The summed E-state index contributed by atoms with van der Waals surface area (Å²) in [6, 6.07) is 3.26. The Hall–Kier alpha value is -1.17. The van der Waals surface area contributed by atoms with E-state index >= 15 is 0 Å². The first-order valence-corrected chi connectivity index (χ1v) is 7.26. The molecular weight excluding hydrogens is 294 g/mol. The zero-order valence-electron chi connectivity index (χ0n) is 11.7. The van der Waals surface area contributed by atoms with E-state index in [9.17, 15) is 5.11 Å². The summed E-state index contributed by atoms with van der Waals surface area (Å²) < 4.78 is 17.6. The monoisotopic (exact) mass is 313 g/mol. The molecular formula is C15H20ClNO4. The van der Waals surface area contributed by atoms with E-state index < -0.39 is 11.7 Å². The van der Waals surface area contributed by atoms with Gasteiger partial charge < -0.3 is 25.1 Å². The second-order valence-electron chi connectivity index (χ2n) is 5.85. The van der Waals surface area contributed by atoms with Crippen molar-refractivity contribution in [2.75, 3.05) is 13.2 Å². The van der Waals surface area contributed by atoms with Gasteiger partial charge in [-0.05, 0) is 37.8 Å². The molecule has 0 bridgehead atoms. The first-order valence-electron chi connectivity index (χ1n) is 7.26. The van der Waals surface area contributed by atoms with Crippen LogP contribution in [0.15, 0.2) is 12.1 Å². The Labute approximate surface area is 129 Å². The van der Waals surface area contributed by atoms with Crippen molar-refractivity contribution in [2.24, 2.45) is 5.73 Å². The minimum Gasteiger partial charge on any atom is -0.486 e. The van der Waals surface area contributed by atoms with Gasteiger partial charge in [-0.15, -0.1) is 12.4 Å². The highest BCUT2D eigenvalue weighted by atomic mass is 35.5. The number of nitrogens with two attached hydrogens (primary N) is 1. The number of rotatable bonds is 0. The smallest absolute Gasteiger partial charge is 0.204 e. The minimum atomic E-state index is -0.715. The van der Waals surface area contributed by atoms with E-state index in [-0.39, 0.29) is 18.4 Å². The van der Waals surface area contributed by atoms with E-state index in [0.717, 1.165) is 25.7 Å². The molecule has 1 spiro atoms. The molecule has 2 atom stereocenters. The van der Waals surface area contributed by atoms with Crippen LogP contribution >= 0.6 is 12.4 Å². The van der Waals surface area contributed by atoms with Crippen LogP contribution in [0.3, 0.4) is 0 Å². The Morgan fingerprint density at radius 1 is 1.10 bits per heavy atom. The number of aliphatic hydroxyl groups excluding tert-OH is 1. The van der Waals surface area contributed by atoms with E-state index in [1.54, 1.807) is 0 Å². The zero-order chi connectivity index (χ0) is 13.7. The lowest BCUT2D eigenvalue weighted by Gasteiger charge is -2.44. The highest BCUT2D eigenvalue weighted by Crippen LogP contribution is 2.52. The van der Waals surface area contributed by atoms with Crippen LogP contribution in [-0.2, 0) is 0 Å². The molecule has 0 saturated heterocycles. The first-order chi connectivity index (χ1) is 9.71. The molecule has 5 nitrogen and oxygen atoms in total. The molecule has 0 radical (unpaired) electrons. The van der Waals surface area contributed by atoms with Crippen LogP contribution in [0.4, 0.5) is 0 Å². The lowest BCUT2D eigenvalue weighted by molar-refractivity contribution is -0.0349. The third kappa shape index (κ3) is 2.06. The number of hydrogen-bond donors (Lipinski definition) is 2. The van der Waals surface area contributed by atoms with Gasteiger partial charge in [0.1, 0.15) is 24.9 Å². The van der Waals surface area contributed by atoms with Gasteiger partial charge in [0.05, 0.1) is 6.04 Å². The lowest BCUT2D eigenvalue weighted by Crippen LogP contribution is -2.56. The molecule has 6 heteroatoms. The van der Waals surface area contributed by atoms with Crippen LogP contribution in [-0.4, -0.2) is 30.0 Å². The predicted octanol–water partition coefficient (Wildman–Crippen LogP) is 1.95. The summed E-state index contributed by atoms with van der Waals surface area (Å²) in [4.78, 5) is 0. The quantitative estimate of drug-likeness (QED) is 0.766. The van der Waals surface area contributed by atoms with E-state index in [4.69, 9.17) is 19.9 Å². The van der Waals surface area contributed by atoms with Gasteiger partial charge in [-0.25, -0.2) is 0 Å². The van der Waals surface area contributed by atoms with Crippen molar-refractivity contribution >= 4 is 12.4 Å². The maximum atomic E-state index is 10.6. The summed E-state index contributed by atoms with van der Waals surface area (Å²) in [6.07, 6.45) is 3.22. The molecule has 1 aromatic carbocycles. The van der Waals surface area contributed by atoms with E-state index in [1.807, 2.05) is 12.1 Å². The van der Waals surface area contributed by atoms with Gasteiger partial charge in [0.15, 0.2) is 11.5 Å². The SMILES string of the molecule is Cl.NC1C(O)c2ccc3c(c2OC12CCCC2)OCCO3. The fraction of sp³-hybridized carbons (Fsp3) is 0.600. The van der Waals surface area contributed by atoms with Crippen LogP contribution in [0.25, 0.3) is 0 Å². The minimum absolute atomic E-state index is 0. The molecule has 1 fully saturated rings. The maximum Gasteiger partial charge on any atom is 0.204 e. The zero-order valence-corrected chi connectivity index (χ0v) is 12.5. The summed E-state index contributed by atoms with van der Waals surface area (Å²) in [5, 5.41) is 10.6. The average molecular weight is 314 g/mol. The van der Waals surface area contributed by atoms with Gasteiger partial charge in [0.25, 0.3) is 0 Å². The van der Waals surface area contributed by atoms with E-state index in [1.165, 1.54) is 0 Å². The molecule has 1 saturated carbocycles. The largest absolute Gasteiger partial charge is 0.486 e. The Bertz CT molecular complexity index is 545. The van der Waals surface area contributed by atoms with Gasteiger partial charge in [-0.2, -0.15) is 0 Å². The number of halogens is 1. The molecule has 4 rings (SSSR count). The summed E-state index contributed by atoms with van der Waals surface area (Å²) >= 11 is 0. The number of aliphatic hydroxyl groups is 1. The van der Waals surface area contributed by atoms with Gasteiger partial charge in [0, 0.05) is 5.56 Å². The number of benzene rings is 1. The molecule has 3 N–H and O–H groups in total. The van der Waals surface area contributed by atoms with Crippen LogP contribution in [0.5, 0.6) is 17.2 Å². The van der Waals surface area contributed by atoms with Gasteiger partial charge in [-0.1, -0.05) is 0 Å². The summed E-state index contributed by atoms with van der Waals surface area (Å²) in [5.74, 6) is 1.93. The third-order valence-corrected chi connectivity index (χ3v) is 4.72. The Morgan fingerprint density at radius 3 is 2.57 bits per heavy atom. The lowest BCUT2D eigenvalue weighted by atomic mass is 9.82. The number of hydrogen-bond acceptors (Lipinski definition) is 5. The highest BCUT2D eigenvalue weighted by molar-refractivity contribution is 5.85. The third-order valence-electron chi connectivity index (χ3n) is 4.72. The predicted molar refractivity (Wildman–Crippen MR) is 79.4 cm³/mol. The van der Waals surface area contributed by atoms with Gasteiger partial charge in [-0.3, -0.25) is 0 Å². The molecule has 21 heavy (non-hydrogen) atoms.